The highest BCUT2D eigenvalue weighted by Crippen LogP contribution is 2.21. The molecule has 0 spiro atoms. The lowest BCUT2D eigenvalue weighted by molar-refractivity contribution is -0.118. The first-order chi connectivity index (χ1) is 10.9. The van der Waals surface area contributed by atoms with Crippen molar-refractivity contribution in [2.45, 2.75) is 31.5 Å². The number of carbonyl (C=O) groups is 1. The van der Waals surface area contributed by atoms with Crippen LogP contribution in [0.4, 0.5) is 11.9 Å². The molecule has 0 aromatic carbocycles. The maximum absolute atomic E-state index is 11.3. The zero-order chi connectivity index (χ0) is 16.9. The third-order valence-corrected chi connectivity index (χ3v) is 3.72. The molecule has 1 aromatic rings. The quantitative estimate of drug-likeness (QED) is 0.294. The summed E-state index contributed by atoms with van der Waals surface area (Å²) in [7, 11) is 0. The van der Waals surface area contributed by atoms with Gasteiger partial charge in [-0.3, -0.25) is 10.2 Å². The van der Waals surface area contributed by atoms with E-state index < -0.39 is 0 Å². The van der Waals surface area contributed by atoms with Gasteiger partial charge in [-0.2, -0.15) is 15.0 Å². The van der Waals surface area contributed by atoms with Crippen LogP contribution in [0.25, 0.3) is 0 Å². The fourth-order valence-electron chi connectivity index (χ4n) is 1.88. The van der Waals surface area contributed by atoms with Gasteiger partial charge >= 0.3 is 0 Å². The molecule has 0 radical (unpaired) electrons. The van der Waals surface area contributed by atoms with Crippen LogP contribution in [0.5, 0.6) is 0 Å². The Hall–Kier alpha value is -1.65. The van der Waals surface area contributed by atoms with Gasteiger partial charge in [0.25, 0.3) is 0 Å². The first kappa shape index (κ1) is 17.7. The highest BCUT2D eigenvalue weighted by Gasteiger charge is 2.19. The van der Waals surface area contributed by atoms with E-state index in [0.717, 1.165) is 13.1 Å². The molecule has 0 saturated carbocycles. The largest absolute Gasteiger partial charge is 0.378 e. The van der Waals surface area contributed by atoms with Gasteiger partial charge in [0.15, 0.2) is 5.16 Å². The van der Waals surface area contributed by atoms with Crippen molar-refractivity contribution in [3.63, 3.8) is 0 Å². The molecule has 0 unspecified atom stereocenters. The highest BCUT2D eigenvalue weighted by atomic mass is 32.2. The summed E-state index contributed by atoms with van der Waals surface area (Å²) >= 11 is 1.22. The van der Waals surface area contributed by atoms with E-state index in [0.29, 0.717) is 30.3 Å². The van der Waals surface area contributed by atoms with Gasteiger partial charge in [-0.15, -0.1) is 0 Å². The Balaban J connectivity index is 2.21. The van der Waals surface area contributed by atoms with Crippen molar-refractivity contribution in [2.75, 3.05) is 42.3 Å². The summed E-state index contributed by atoms with van der Waals surface area (Å²) in [4.78, 5) is 26.7. The molecule has 2 heterocycles. The predicted molar refractivity (Wildman–Crippen MR) is 89.3 cm³/mol. The fraction of sp³-hybridized carbons (Fsp3) is 0.692. The monoisotopic (exact) mass is 341 g/mol. The van der Waals surface area contributed by atoms with Gasteiger partial charge in [-0.05, 0) is 20.8 Å². The van der Waals surface area contributed by atoms with Crippen LogP contribution in [0.3, 0.4) is 0 Å². The molecule has 128 valence electrons. The summed E-state index contributed by atoms with van der Waals surface area (Å²) < 4.78 is 5.36. The van der Waals surface area contributed by atoms with Crippen LogP contribution in [-0.2, 0) is 9.53 Å². The van der Waals surface area contributed by atoms with Crippen molar-refractivity contribution < 1.29 is 9.53 Å². The molecule has 2 rings (SSSR count). The lowest BCUT2D eigenvalue weighted by atomic mass is 10.1. The predicted octanol–water partition coefficient (Wildman–Crippen LogP) is 0.000600. The summed E-state index contributed by atoms with van der Waals surface area (Å²) in [5.41, 5.74) is 1.91. The Kier molecular flexibility index (Phi) is 5.97. The third-order valence-electron chi connectivity index (χ3n) is 2.88. The van der Waals surface area contributed by atoms with E-state index in [1.165, 1.54) is 11.8 Å². The zero-order valence-electron chi connectivity index (χ0n) is 13.6. The number of nitrogens with one attached hydrogen (secondary N) is 2. The second-order valence-electron chi connectivity index (χ2n) is 6.07. The standard InChI is InChI=1S/C13H23N7O2S/c1-13(2,3)18-10-15-11(20-4-6-22-7-5-20)17-12(16-10)23-8-9(21)19-14/h4-8,14H2,1-3H3,(H,19,21)(H,15,16,17,18). The smallest absolute Gasteiger partial charge is 0.244 e. The molecule has 10 heteroatoms. The first-order valence-corrected chi connectivity index (χ1v) is 8.35. The Labute approximate surface area is 139 Å². The highest BCUT2D eigenvalue weighted by molar-refractivity contribution is 7.99. The summed E-state index contributed by atoms with van der Waals surface area (Å²) in [5, 5.41) is 3.73. The minimum Gasteiger partial charge on any atom is -0.378 e. The van der Waals surface area contributed by atoms with Crippen LogP contribution in [0, 0.1) is 0 Å². The number of ether oxygens (including phenoxy) is 1. The molecular weight excluding hydrogens is 318 g/mol. The van der Waals surface area contributed by atoms with Crippen LogP contribution in [0.1, 0.15) is 20.8 Å². The normalized spacial score (nSPS) is 15.4. The zero-order valence-corrected chi connectivity index (χ0v) is 14.4. The molecule has 1 saturated heterocycles. The minimum atomic E-state index is -0.284. The van der Waals surface area contributed by atoms with Gasteiger partial charge in [0.05, 0.1) is 19.0 Å². The van der Waals surface area contributed by atoms with E-state index in [2.05, 4.69) is 25.7 Å². The van der Waals surface area contributed by atoms with Crippen molar-refractivity contribution in [3.05, 3.63) is 0 Å². The Morgan fingerprint density at radius 3 is 2.61 bits per heavy atom. The first-order valence-electron chi connectivity index (χ1n) is 7.36. The number of anilines is 2. The number of hydrogen-bond donors (Lipinski definition) is 3. The molecule has 1 aromatic heterocycles. The lowest BCUT2D eigenvalue weighted by Crippen LogP contribution is -2.38. The fourth-order valence-corrected chi connectivity index (χ4v) is 2.52. The van der Waals surface area contributed by atoms with Crippen LogP contribution >= 0.6 is 11.8 Å². The van der Waals surface area contributed by atoms with Crippen LogP contribution in [0.15, 0.2) is 5.16 Å². The summed E-state index contributed by atoms with van der Waals surface area (Å²) in [6, 6.07) is 0. The van der Waals surface area contributed by atoms with Crippen molar-refractivity contribution in [2.24, 2.45) is 5.84 Å². The second-order valence-corrected chi connectivity index (χ2v) is 7.01. The number of nitrogens with two attached hydrogens (primary N) is 1. The van der Waals surface area contributed by atoms with E-state index in [9.17, 15) is 4.79 Å². The SMILES string of the molecule is CC(C)(C)Nc1nc(SCC(=O)NN)nc(N2CCOCC2)n1. The van der Waals surface area contributed by atoms with Gasteiger partial charge in [0.2, 0.25) is 17.8 Å². The van der Waals surface area contributed by atoms with Gasteiger partial charge in [-0.25, -0.2) is 5.84 Å². The van der Waals surface area contributed by atoms with Gasteiger partial charge < -0.3 is 15.0 Å². The van der Waals surface area contributed by atoms with E-state index in [1.807, 2.05) is 25.7 Å². The van der Waals surface area contributed by atoms with E-state index in [4.69, 9.17) is 10.6 Å². The summed E-state index contributed by atoms with van der Waals surface area (Å²) in [6.07, 6.45) is 0. The topological polar surface area (TPSA) is 118 Å². The Morgan fingerprint density at radius 2 is 2.00 bits per heavy atom. The molecule has 9 nitrogen and oxygen atoms in total. The van der Waals surface area contributed by atoms with Crippen molar-refractivity contribution >= 4 is 29.6 Å². The number of hydrazine groups is 1. The van der Waals surface area contributed by atoms with E-state index >= 15 is 0 Å². The number of aromatic nitrogens is 3. The average Bonchev–Trinajstić information content (AvgIpc) is 2.51. The Bertz CT molecular complexity index is 544. The molecule has 1 amide bonds. The molecule has 1 aliphatic heterocycles. The average molecular weight is 341 g/mol. The van der Waals surface area contributed by atoms with Crippen LogP contribution < -0.4 is 21.5 Å². The van der Waals surface area contributed by atoms with Gasteiger partial charge in [0.1, 0.15) is 0 Å². The molecule has 23 heavy (non-hydrogen) atoms. The molecule has 1 aliphatic rings. The van der Waals surface area contributed by atoms with Crippen molar-refractivity contribution in [3.8, 4) is 0 Å². The minimum absolute atomic E-state index is 0.151. The number of rotatable bonds is 5. The third kappa shape index (κ3) is 5.81. The number of morpholine rings is 1. The lowest BCUT2D eigenvalue weighted by Gasteiger charge is -2.28. The Morgan fingerprint density at radius 1 is 1.30 bits per heavy atom. The van der Waals surface area contributed by atoms with E-state index in [1.54, 1.807) is 0 Å². The number of carbonyl (C=O) groups excluding carboxylic acids is 1. The second kappa shape index (κ2) is 7.75. The summed E-state index contributed by atoms with van der Waals surface area (Å²) in [5.74, 6) is 6.04. The summed E-state index contributed by atoms with van der Waals surface area (Å²) in [6.45, 7) is 8.83. The van der Waals surface area contributed by atoms with Crippen molar-refractivity contribution in [1.29, 1.82) is 0 Å². The molecular formula is C13H23N7O2S. The van der Waals surface area contributed by atoms with Crippen LogP contribution in [0.2, 0.25) is 0 Å². The van der Waals surface area contributed by atoms with Gasteiger partial charge in [0, 0.05) is 18.6 Å². The number of hydrogen-bond acceptors (Lipinski definition) is 9. The number of amides is 1. The number of nitrogens with zero attached hydrogens (tertiary/aromatic N) is 4. The molecule has 4 N–H and O–H groups in total. The molecule has 0 bridgehead atoms. The van der Waals surface area contributed by atoms with Crippen LogP contribution in [-0.4, -0.2) is 58.5 Å². The van der Waals surface area contributed by atoms with Gasteiger partial charge in [-0.1, -0.05) is 11.8 Å². The molecule has 0 aliphatic carbocycles. The molecule has 1 fully saturated rings. The maximum atomic E-state index is 11.3. The van der Waals surface area contributed by atoms with Crippen molar-refractivity contribution in [1.82, 2.24) is 20.4 Å². The number of thioether (sulfide) groups is 1. The molecule has 0 atom stereocenters. The van der Waals surface area contributed by atoms with E-state index in [-0.39, 0.29) is 17.2 Å². The maximum Gasteiger partial charge on any atom is 0.244 e.